The molecule has 0 aromatic heterocycles. The summed E-state index contributed by atoms with van der Waals surface area (Å²) in [5.41, 5.74) is 0. The molecule has 0 saturated carbocycles. The van der Waals surface area contributed by atoms with Crippen LogP contribution in [0.4, 0.5) is 0 Å². The normalized spacial score (nSPS) is 15.9. The maximum absolute atomic E-state index is 3.88. The van der Waals surface area contributed by atoms with Crippen LogP contribution in [-0.4, -0.2) is 11.0 Å². The van der Waals surface area contributed by atoms with Gasteiger partial charge in [0.1, 0.15) is 0 Å². The summed E-state index contributed by atoms with van der Waals surface area (Å²) in [7, 11) is 0. The van der Waals surface area contributed by atoms with Gasteiger partial charge < -0.3 is 0 Å². The van der Waals surface area contributed by atoms with Crippen LogP contribution in [0.5, 0.6) is 0 Å². The van der Waals surface area contributed by atoms with Gasteiger partial charge in [-0.3, -0.25) is 4.99 Å². The van der Waals surface area contributed by atoms with E-state index in [9.17, 15) is 0 Å². The lowest BCUT2D eigenvalue weighted by Crippen LogP contribution is -1.77. The molecule has 0 radical (unpaired) electrons. The molecule has 0 aliphatic rings. The number of alkyl halides is 1. The molecule has 0 aromatic rings. The van der Waals surface area contributed by atoms with Gasteiger partial charge in [0.15, 0.2) is 0 Å². The largest absolute Gasteiger partial charge is 0.270 e. The lowest BCUT2D eigenvalue weighted by molar-refractivity contribution is 1.26. The van der Waals surface area contributed by atoms with Gasteiger partial charge >= 0.3 is 0 Å². The molecule has 0 aromatic carbocycles. The highest BCUT2D eigenvalue weighted by Crippen LogP contribution is 1.97. The van der Waals surface area contributed by atoms with Crippen LogP contribution in [0.2, 0.25) is 0 Å². The fourth-order valence-electron chi connectivity index (χ4n) is 0.254. The first-order valence-electron chi connectivity index (χ1n) is 2.56. The Labute approximate surface area is 58.6 Å². The molecule has 1 nitrogen and oxygen atoms in total. The van der Waals surface area contributed by atoms with E-state index in [0.29, 0.717) is 4.83 Å². The van der Waals surface area contributed by atoms with Crippen LogP contribution in [0.15, 0.2) is 17.3 Å². The van der Waals surface area contributed by atoms with Crippen molar-refractivity contribution in [3.8, 4) is 0 Å². The van der Waals surface area contributed by atoms with Gasteiger partial charge in [-0.1, -0.05) is 22.0 Å². The third-order valence-electron chi connectivity index (χ3n) is 0.586. The Hall–Kier alpha value is -0.110. The van der Waals surface area contributed by atoms with Crippen LogP contribution in [-0.2, 0) is 0 Å². The van der Waals surface area contributed by atoms with Crippen molar-refractivity contribution in [2.75, 3.05) is 0 Å². The highest BCUT2D eigenvalue weighted by atomic mass is 79.9. The Balaban J connectivity index is 3.34. The van der Waals surface area contributed by atoms with Gasteiger partial charge in [-0.2, -0.15) is 0 Å². The molecule has 0 aliphatic carbocycles. The zero-order valence-corrected chi connectivity index (χ0v) is 6.72. The quantitative estimate of drug-likeness (QED) is 0.452. The summed E-state index contributed by atoms with van der Waals surface area (Å²) in [4.78, 5) is 4.30. The molecule has 1 atom stereocenters. The zero-order valence-electron chi connectivity index (χ0n) is 5.13. The first-order chi connectivity index (χ1) is 3.77. The molecule has 2 heteroatoms. The minimum absolute atomic E-state index is 0.422. The molecule has 0 bridgehead atoms. The molecule has 8 heavy (non-hydrogen) atoms. The topological polar surface area (TPSA) is 12.4 Å². The molecular weight excluding hydrogens is 166 g/mol. The number of halogens is 1. The molecule has 0 N–H and O–H groups in total. The number of aliphatic imine (C=N–C) groups is 1. The molecule has 0 aliphatic heterocycles. The van der Waals surface area contributed by atoms with Gasteiger partial charge in [-0.25, -0.2) is 0 Å². The molecule has 0 fully saturated rings. The molecule has 0 rings (SSSR count). The van der Waals surface area contributed by atoms with Crippen molar-refractivity contribution in [1.82, 2.24) is 0 Å². The van der Waals surface area contributed by atoms with Crippen molar-refractivity contribution >= 4 is 22.1 Å². The van der Waals surface area contributed by atoms with Crippen LogP contribution < -0.4 is 0 Å². The highest BCUT2D eigenvalue weighted by Gasteiger charge is 1.80. The van der Waals surface area contributed by atoms with E-state index in [0.717, 1.165) is 0 Å². The third kappa shape index (κ3) is 5.89. The molecule has 46 valence electrons. The number of allylic oxidation sites excluding steroid dienone is 1. The number of rotatable bonds is 2. The summed E-state index contributed by atoms with van der Waals surface area (Å²) in [5, 5.41) is 0. The molecule has 1 unspecified atom stereocenters. The van der Waals surface area contributed by atoms with Crippen LogP contribution >= 0.6 is 15.9 Å². The smallest absolute Gasteiger partial charge is 0.0314 e. The van der Waals surface area contributed by atoms with E-state index in [1.807, 2.05) is 19.9 Å². The first-order valence-corrected chi connectivity index (χ1v) is 3.47. The number of hydrogen-bond donors (Lipinski definition) is 0. The Morgan fingerprint density at radius 1 is 1.62 bits per heavy atom. The van der Waals surface area contributed by atoms with Gasteiger partial charge in [0, 0.05) is 17.2 Å². The van der Waals surface area contributed by atoms with Crippen LogP contribution in [0, 0.1) is 0 Å². The number of hydrogen-bond acceptors (Lipinski definition) is 1. The van der Waals surface area contributed by atoms with Gasteiger partial charge in [0.25, 0.3) is 0 Å². The van der Waals surface area contributed by atoms with Crippen molar-refractivity contribution in [2.24, 2.45) is 4.99 Å². The molecule has 0 spiro atoms. The fourth-order valence-corrected chi connectivity index (χ4v) is 0.391. The SMILES string of the molecule is C/C=N\C=C/C(C)Br. The van der Waals surface area contributed by atoms with Crippen LogP contribution in [0.3, 0.4) is 0 Å². The molecule has 0 amide bonds. The molecule has 0 saturated heterocycles. The van der Waals surface area contributed by atoms with Gasteiger partial charge in [0.05, 0.1) is 0 Å². The second kappa shape index (κ2) is 5.04. The van der Waals surface area contributed by atoms with Crippen molar-refractivity contribution < 1.29 is 0 Å². The summed E-state index contributed by atoms with van der Waals surface area (Å²) in [5.74, 6) is 0. The van der Waals surface area contributed by atoms with E-state index >= 15 is 0 Å². The number of nitrogens with zero attached hydrogens (tertiary/aromatic N) is 1. The van der Waals surface area contributed by atoms with Crippen LogP contribution in [0.25, 0.3) is 0 Å². The molecular formula is C6H10BrN. The Kier molecular flexibility index (Phi) is 4.97. The predicted molar refractivity (Wildman–Crippen MR) is 41.7 cm³/mol. The van der Waals surface area contributed by atoms with E-state index in [1.54, 1.807) is 12.4 Å². The van der Waals surface area contributed by atoms with Gasteiger partial charge in [-0.15, -0.1) is 0 Å². The summed E-state index contributed by atoms with van der Waals surface area (Å²) < 4.78 is 0. The van der Waals surface area contributed by atoms with Gasteiger partial charge in [0.2, 0.25) is 0 Å². The summed E-state index contributed by atoms with van der Waals surface area (Å²) in [6.07, 6.45) is 5.51. The highest BCUT2D eigenvalue weighted by molar-refractivity contribution is 9.09. The van der Waals surface area contributed by atoms with Gasteiger partial charge in [-0.05, 0) is 13.8 Å². The Morgan fingerprint density at radius 2 is 2.25 bits per heavy atom. The Morgan fingerprint density at radius 3 is 2.62 bits per heavy atom. The van der Waals surface area contributed by atoms with E-state index in [2.05, 4.69) is 20.9 Å². The monoisotopic (exact) mass is 175 g/mol. The second-order valence-electron chi connectivity index (χ2n) is 1.43. The molecule has 0 heterocycles. The zero-order chi connectivity index (χ0) is 6.41. The standard InChI is InChI=1S/C6H10BrN/c1-3-8-5-4-6(2)7/h3-6H,1-2H3/b5-4-,8-3-. The second-order valence-corrected chi connectivity index (χ2v) is 2.87. The van der Waals surface area contributed by atoms with E-state index in [1.165, 1.54) is 0 Å². The maximum Gasteiger partial charge on any atom is 0.0314 e. The van der Waals surface area contributed by atoms with Crippen molar-refractivity contribution in [1.29, 1.82) is 0 Å². The fraction of sp³-hybridized carbons (Fsp3) is 0.500. The average Bonchev–Trinajstić information content (AvgIpc) is 1.66. The maximum atomic E-state index is 3.88. The predicted octanol–water partition coefficient (Wildman–Crippen LogP) is 2.37. The van der Waals surface area contributed by atoms with E-state index in [-0.39, 0.29) is 0 Å². The summed E-state index contributed by atoms with van der Waals surface area (Å²) in [6.45, 7) is 3.94. The van der Waals surface area contributed by atoms with Crippen LogP contribution in [0.1, 0.15) is 13.8 Å². The lowest BCUT2D eigenvalue weighted by atomic mass is 10.5. The lowest BCUT2D eigenvalue weighted by Gasteiger charge is -1.85. The van der Waals surface area contributed by atoms with Crippen molar-refractivity contribution in [3.63, 3.8) is 0 Å². The van der Waals surface area contributed by atoms with Crippen molar-refractivity contribution in [3.05, 3.63) is 12.3 Å². The third-order valence-corrected chi connectivity index (χ3v) is 0.892. The average molecular weight is 176 g/mol. The minimum atomic E-state index is 0.422. The van der Waals surface area contributed by atoms with E-state index in [4.69, 9.17) is 0 Å². The summed E-state index contributed by atoms with van der Waals surface area (Å²) >= 11 is 3.34. The van der Waals surface area contributed by atoms with Crippen molar-refractivity contribution in [2.45, 2.75) is 18.7 Å². The van der Waals surface area contributed by atoms with E-state index < -0.39 is 0 Å². The Bertz CT molecular complexity index is 94.7. The summed E-state index contributed by atoms with van der Waals surface area (Å²) in [6, 6.07) is 0. The minimum Gasteiger partial charge on any atom is -0.270 e. The first kappa shape index (κ1) is 7.89.